The van der Waals surface area contributed by atoms with E-state index in [1.165, 1.54) is 30.3 Å². The van der Waals surface area contributed by atoms with Crippen molar-refractivity contribution in [2.24, 2.45) is 5.14 Å². The molecular formula is C20H16N2O5S2. The van der Waals surface area contributed by atoms with Crippen LogP contribution in [0.3, 0.4) is 0 Å². The maximum Gasteiger partial charge on any atom is 0.262 e. The van der Waals surface area contributed by atoms with Gasteiger partial charge in [0.25, 0.3) is 10.0 Å². The highest BCUT2D eigenvalue weighted by Gasteiger charge is 2.24. The minimum absolute atomic E-state index is 0.0566. The molecule has 9 heteroatoms. The highest BCUT2D eigenvalue weighted by atomic mass is 32.2. The SMILES string of the molecule is NS(=O)(=O)c1ccccc1NS(=O)(=O)c1ccccc1-c1ccc2cccc-2o1. The standard InChI is InChI=1S/C20H16N2O5S2/c21-28(23,24)20-11-4-2-8-16(20)22-29(25,26)19-10-3-1-7-15(19)18-13-12-14-6-5-9-17(14)27-18/h1-13,22H,(H2,21,23,24). The number of sulfonamides is 2. The summed E-state index contributed by atoms with van der Waals surface area (Å²) in [7, 11) is -8.26. The Bertz CT molecular complexity index is 1380. The van der Waals surface area contributed by atoms with E-state index in [4.69, 9.17) is 9.56 Å². The molecule has 2 aliphatic rings. The molecule has 0 saturated heterocycles. The lowest BCUT2D eigenvalue weighted by molar-refractivity contribution is 0.578. The Morgan fingerprint density at radius 1 is 0.690 bits per heavy atom. The van der Waals surface area contributed by atoms with Crippen LogP contribution in [0.4, 0.5) is 5.69 Å². The molecule has 0 radical (unpaired) electrons. The van der Waals surface area contributed by atoms with Gasteiger partial charge in [0.1, 0.15) is 16.4 Å². The third kappa shape index (κ3) is 3.75. The number of anilines is 1. The van der Waals surface area contributed by atoms with Crippen LogP contribution in [0.25, 0.3) is 22.6 Å². The van der Waals surface area contributed by atoms with Crippen molar-refractivity contribution < 1.29 is 21.3 Å². The largest absolute Gasteiger partial charge is 0.456 e. The summed E-state index contributed by atoms with van der Waals surface area (Å²) in [4.78, 5) is -0.372. The fourth-order valence-corrected chi connectivity index (χ4v) is 5.07. The zero-order valence-corrected chi connectivity index (χ0v) is 16.6. The van der Waals surface area contributed by atoms with Crippen molar-refractivity contribution >= 4 is 25.7 Å². The van der Waals surface area contributed by atoms with Gasteiger partial charge in [-0.1, -0.05) is 36.4 Å². The summed E-state index contributed by atoms with van der Waals surface area (Å²) in [5.41, 5.74) is 1.11. The Hall–Kier alpha value is -3.14. The van der Waals surface area contributed by atoms with Gasteiger partial charge in [-0.05, 0) is 42.5 Å². The maximum absolute atomic E-state index is 13.1. The zero-order chi connectivity index (χ0) is 20.6. The van der Waals surface area contributed by atoms with E-state index in [0.29, 0.717) is 17.1 Å². The highest BCUT2D eigenvalue weighted by molar-refractivity contribution is 7.93. The Kier molecular flexibility index (Phi) is 4.65. The van der Waals surface area contributed by atoms with Crippen molar-refractivity contribution in [1.82, 2.24) is 0 Å². The average molecular weight is 428 g/mol. The number of rotatable bonds is 5. The zero-order valence-electron chi connectivity index (χ0n) is 14.9. The summed E-state index contributed by atoms with van der Waals surface area (Å²) in [6.45, 7) is 0. The molecule has 29 heavy (non-hydrogen) atoms. The molecule has 0 amide bonds. The number of benzene rings is 2. The molecule has 7 nitrogen and oxygen atoms in total. The van der Waals surface area contributed by atoms with E-state index in [2.05, 4.69) is 4.72 Å². The minimum atomic E-state index is -4.14. The summed E-state index contributed by atoms with van der Waals surface area (Å²) in [6, 6.07) is 20.9. The van der Waals surface area contributed by atoms with Gasteiger partial charge in [0, 0.05) is 11.1 Å². The van der Waals surface area contributed by atoms with Crippen molar-refractivity contribution in [2.75, 3.05) is 4.72 Å². The number of nitrogens with one attached hydrogen (secondary N) is 1. The Labute approximate surface area is 168 Å². The van der Waals surface area contributed by atoms with Crippen molar-refractivity contribution in [2.45, 2.75) is 9.79 Å². The van der Waals surface area contributed by atoms with Gasteiger partial charge in [0.05, 0.1) is 10.6 Å². The number of hydrogen-bond acceptors (Lipinski definition) is 5. The van der Waals surface area contributed by atoms with Crippen LogP contribution in [0.2, 0.25) is 0 Å². The first-order chi connectivity index (χ1) is 13.8. The van der Waals surface area contributed by atoms with Crippen LogP contribution in [-0.2, 0) is 20.0 Å². The number of hydrogen-bond donors (Lipinski definition) is 2. The second kappa shape index (κ2) is 7.03. The average Bonchev–Trinajstić information content (AvgIpc) is 3.15. The quantitative estimate of drug-likeness (QED) is 0.504. The summed E-state index contributed by atoms with van der Waals surface area (Å²) < 4.78 is 58.0. The normalized spacial score (nSPS) is 12.2. The third-order valence-corrected chi connectivity index (χ3v) is 6.71. The van der Waals surface area contributed by atoms with E-state index >= 15 is 0 Å². The summed E-state index contributed by atoms with van der Waals surface area (Å²) in [6.07, 6.45) is 0. The molecule has 0 unspecified atom stereocenters. The third-order valence-electron chi connectivity index (χ3n) is 4.32. The summed E-state index contributed by atoms with van der Waals surface area (Å²) in [5, 5.41) is 5.20. The van der Waals surface area contributed by atoms with Crippen LogP contribution in [-0.4, -0.2) is 16.8 Å². The molecule has 148 valence electrons. The molecular weight excluding hydrogens is 412 g/mol. The lowest BCUT2D eigenvalue weighted by atomic mass is 10.1. The van der Waals surface area contributed by atoms with Crippen LogP contribution in [0.1, 0.15) is 0 Å². The van der Waals surface area contributed by atoms with Crippen LogP contribution >= 0.6 is 0 Å². The Balaban J connectivity index is 1.81. The van der Waals surface area contributed by atoms with Crippen molar-refractivity contribution in [3.63, 3.8) is 0 Å². The van der Waals surface area contributed by atoms with Gasteiger partial charge in [0.15, 0.2) is 0 Å². The van der Waals surface area contributed by atoms with Gasteiger partial charge < -0.3 is 4.42 Å². The first kappa shape index (κ1) is 19.2. The molecule has 0 bridgehead atoms. The van der Waals surface area contributed by atoms with E-state index in [1.54, 1.807) is 30.3 Å². The molecule has 2 aromatic carbocycles. The molecule has 1 aliphatic heterocycles. The van der Waals surface area contributed by atoms with Crippen molar-refractivity contribution in [3.8, 4) is 22.6 Å². The minimum Gasteiger partial charge on any atom is -0.456 e. The molecule has 0 spiro atoms. The van der Waals surface area contributed by atoms with E-state index in [0.717, 1.165) is 5.56 Å². The van der Waals surface area contributed by atoms with E-state index in [-0.39, 0.29) is 15.5 Å². The summed E-state index contributed by atoms with van der Waals surface area (Å²) >= 11 is 0. The Morgan fingerprint density at radius 2 is 1.38 bits per heavy atom. The maximum atomic E-state index is 13.1. The van der Waals surface area contributed by atoms with Gasteiger partial charge in [0.2, 0.25) is 10.0 Å². The molecule has 1 aliphatic carbocycles. The van der Waals surface area contributed by atoms with Gasteiger partial charge >= 0.3 is 0 Å². The van der Waals surface area contributed by atoms with E-state index < -0.39 is 20.0 Å². The van der Waals surface area contributed by atoms with Gasteiger partial charge in [-0.2, -0.15) is 0 Å². The second-order valence-electron chi connectivity index (χ2n) is 6.29. The van der Waals surface area contributed by atoms with Gasteiger partial charge in [-0.25, -0.2) is 22.0 Å². The fourth-order valence-electron chi connectivity index (χ4n) is 3.01. The summed E-state index contributed by atoms with van der Waals surface area (Å²) in [5.74, 6) is 0.992. The predicted molar refractivity (Wildman–Crippen MR) is 109 cm³/mol. The molecule has 0 saturated carbocycles. The molecule has 1 heterocycles. The number of nitrogens with two attached hydrogens (primary N) is 1. The second-order valence-corrected chi connectivity index (χ2v) is 9.47. The lowest BCUT2D eigenvalue weighted by Crippen LogP contribution is -2.19. The monoisotopic (exact) mass is 428 g/mol. The van der Waals surface area contributed by atoms with E-state index in [9.17, 15) is 16.8 Å². The van der Waals surface area contributed by atoms with Crippen LogP contribution in [0.15, 0.2) is 93.1 Å². The molecule has 0 fully saturated rings. The van der Waals surface area contributed by atoms with Gasteiger partial charge in [-0.15, -0.1) is 0 Å². The Morgan fingerprint density at radius 3 is 2.14 bits per heavy atom. The number of fused-ring (bicyclic) bond motifs is 1. The van der Waals surface area contributed by atoms with Crippen molar-refractivity contribution in [3.05, 3.63) is 78.9 Å². The van der Waals surface area contributed by atoms with Crippen LogP contribution in [0.5, 0.6) is 0 Å². The molecule has 2 aromatic rings. The van der Waals surface area contributed by atoms with Crippen LogP contribution < -0.4 is 9.86 Å². The molecule has 3 N–H and O–H groups in total. The predicted octanol–water partition coefficient (Wildman–Crippen LogP) is 3.50. The number of primary sulfonamides is 1. The molecule has 0 aromatic heterocycles. The smallest absolute Gasteiger partial charge is 0.262 e. The highest BCUT2D eigenvalue weighted by Crippen LogP contribution is 2.34. The van der Waals surface area contributed by atoms with Crippen LogP contribution in [0, 0.1) is 0 Å². The number of para-hydroxylation sites is 1. The van der Waals surface area contributed by atoms with E-state index in [1.807, 2.05) is 18.2 Å². The van der Waals surface area contributed by atoms with Crippen molar-refractivity contribution in [1.29, 1.82) is 0 Å². The lowest BCUT2D eigenvalue weighted by Gasteiger charge is -2.14. The van der Waals surface area contributed by atoms with Gasteiger partial charge in [-0.3, -0.25) is 4.72 Å². The fraction of sp³-hybridized carbons (Fsp3) is 0. The first-order valence-corrected chi connectivity index (χ1v) is 11.5. The topological polar surface area (TPSA) is 119 Å². The molecule has 0 atom stereocenters. The first-order valence-electron chi connectivity index (χ1n) is 8.48. The molecule has 4 rings (SSSR count).